The molecule has 3 rings (SSSR count). The number of carbonyl (C=O) groups excluding carboxylic acids is 1. The molecule has 0 radical (unpaired) electrons. The number of nitrogens with zero attached hydrogens (tertiary/aromatic N) is 3. The number of carbonyl (C=O) groups is 1. The molecule has 1 aromatic heterocycles. The van der Waals surface area contributed by atoms with Crippen LogP contribution in [0.15, 0.2) is 30.6 Å². The number of aryl methyl sites for hydroxylation is 1. The van der Waals surface area contributed by atoms with E-state index in [0.29, 0.717) is 42.8 Å². The Bertz CT molecular complexity index is 700. The molecular weight excluding hydrogens is 316 g/mol. The van der Waals surface area contributed by atoms with Gasteiger partial charge < -0.3 is 15.0 Å². The van der Waals surface area contributed by atoms with E-state index in [-0.39, 0.29) is 5.91 Å². The monoisotopic (exact) mass is 332 g/mol. The molecule has 1 fully saturated rings. The van der Waals surface area contributed by atoms with Crippen molar-refractivity contribution in [1.82, 2.24) is 14.9 Å². The van der Waals surface area contributed by atoms with E-state index >= 15 is 0 Å². The molecule has 120 valence electrons. The molecule has 7 heteroatoms. The Balaban J connectivity index is 1.71. The van der Waals surface area contributed by atoms with E-state index in [4.69, 9.17) is 16.3 Å². The zero-order valence-corrected chi connectivity index (χ0v) is 13.5. The minimum absolute atomic E-state index is 0.0706. The Morgan fingerprint density at radius 1 is 1.26 bits per heavy atom. The molecule has 2 heterocycles. The number of aromatic nitrogens is 2. The maximum absolute atomic E-state index is 12.3. The van der Waals surface area contributed by atoms with Gasteiger partial charge in [0.1, 0.15) is 0 Å². The largest absolute Gasteiger partial charge is 0.378 e. The number of rotatable bonds is 3. The molecule has 1 saturated heterocycles. The Labute approximate surface area is 139 Å². The predicted molar refractivity (Wildman–Crippen MR) is 88.2 cm³/mol. The normalized spacial score (nSPS) is 14.6. The number of hydrogen-bond donors (Lipinski definition) is 1. The zero-order chi connectivity index (χ0) is 16.2. The molecule has 0 spiro atoms. The number of ether oxygens (including phenoxy) is 1. The molecule has 1 aliphatic heterocycles. The fourth-order valence-electron chi connectivity index (χ4n) is 2.30. The fourth-order valence-corrected chi connectivity index (χ4v) is 2.47. The molecular formula is C16H17ClN4O2. The van der Waals surface area contributed by atoms with Gasteiger partial charge in [-0.05, 0) is 24.6 Å². The third-order valence-electron chi connectivity index (χ3n) is 3.64. The highest BCUT2D eigenvalue weighted by Gasteiger charge is 2.19. The van der Waals surface area contributed by atoms with Gasteiger partial charge in [-0.3, -0.25) is 4.79 Å². The molecule has 0 saturated carbocycles. The predicted octanol–water partition coefficient (Wildman–Crippen LogP) is 2.65. The standard InChI is InChI=1S/C16H17ClN4O2/c1-11-2-3-13(17)8-14(11)20-16-18-9-12(10-19-16)15(22)21-4-6-23-7-5-21/h2-3,8-10H,4-7H2,1H3,(H,18,19,20). The van der Waals surface area contributed by atoms with Crippen molar-refractivity contribution in [3.8, 4) is 0 Å². The van der Waals surface area contributed by atoms with E-state index < -0.39 is 0 Å². The average Bonchev–Trinajstić information content (AvgIpc) is 2.59. The third kappa shape index (κ3) is 3.78. The van der Waals surface area contributed by atoms with Gasteiger partial charge in [0.25, 0.3) is 5.91 Å². The van der Waals surface area contributed by atoms with Gasteiger partial charge in [0.15, 0.2) is 0 Å². The van der Waals surface area contributed by atoms with Crippen molar-refractivity contribution in [2.24, 2.45) is 0 Å². The molecule has 1 aromatic carbocycles. The first-order valence-electron chi connectivity index (χ1n) is 7.36. The van der Waals surface area contributed by atoms with Gasteiger partial charge in [-0.15, -0.1) is 0 Å². The van der Waals surface area contributed by atoms with Crippen molar-refractivity contribution >= 4 is 29.1 Å². The van der Waals surface area contributed by atoms with Crippen molar-refractivity contribution < 1.29 is 9.53 Å². The second-order valence-corrected chi connectivity index (χ2v) is 5.72. The SMILES string of the molecule is Cc1ccc(Cl)cc1Nc1ncc(C(=O)N2CCOCC2)cn1. The summed E-state index contributed by atoms with van der Waals surface area (Å²) < 4.78 is 5.25. The lowest BCUT2D eigenvalue weighted by atomic mass is 10.2. The van der Waals surface area contributed by atoms with Crippen molar-refractivity contribution in [2.75, 3.05) is 31.6 Å². The number of anilines is 2. The highest BCUT2D eigenvalue weighted by molar-refractivity contribution is 6.30. The summed E-state index contributed by atoms with van der Waals surface area (Å²) in [4.78, 5) is 22.5. The number of nitrogens with one attached hydrogen (secondary N) is 1. The van der Waals surface area contributed by atoms with Crippen LogP contribution in [0.1, 0.15) is 15.9 Å². The molecule has 0 unspecified atom stereocenters. The van der Waals surface area contributed by atoms with Crippen LogP contribution in [-0.4, -0.2) is 47.1 Å². The maximum atomic E-state index is 12.3. The van der Waals surface area contributed by atoms with E-state index in [1.807, 2.05) is 25.1 Å². The van der Waals surface area contributed by atoms with Crippen LogP contribution in [0.2, 0.25) is 5.02 Å². The van der Waals surface area contributed by atoms with E-state index in [1.165, 1.54) is 12.4 Å². The molecule has 1 amide bonds. The van der Waals surface area contributed by atoms with E-state index in [9.17, 15) is 4.79 Å². The van der Waals surface area contributed by atoms with Crippen LogP contribution in [0, 0.1) is 6.92 Å². The maximum Gasteiger partial charge on any atom is 0.257 e. The Kier molecular flexibility index (Phi) is 4.73. The van der Waals surface area contributed by atoms with Gasteiger partial charge in [0.05, 0.1) is 18.8 Å². The van der Waals surface area contributed by atoms with Crippen LogP contribution < -0.4 is 5.32 Å². The topological polar surface area (TPSA) is 67.4 Å². The van der Waals surface area contributed by atoms with Crippen molar-refractivity contribution in [1.29, 1.82) is 0 Å². The minimum atomic E-state index is -0.0706. The Morgan fingerprint density at radius 3 is 2.65 bits per heavy atom. The Morgan fingerprint density at radius 2 is 1.96 bits per heavy atom. The first-order chi connectivity index (χ1) is 11.1. The second-order valence-electron chi connectivity index (χ2n) is 5.28. The lowest BCUT2D eigenvalue weighted by molar-refractivity contribution is 0.0302. The van der Waals surface area contributed by atoms with Gasteiger partial charge in [0, 0.05) is 36.2 Å². The lowest BCUT2D eigenvalue weighted by Gasteiger charge is -2.26. The van der Waals surface area contributed by atoms with E-state index in [2.05, 4.69) is 15.3 Å². The van der Waals surface area contributed by atoms with Gasteiger partial charge in [-0.2, -0.15) is 0 Å². The second kappa shape index (κ2) is 6.93. The molecule has 2 aromatic rings. The van der Waals surface area contributed by atoms with Crippen molar-refractivity contribution in [2.45, 2.75) is 6.92 Å². The van der Waals surface area contributed by atoms with Crippen LogP contribution in [0.4, 0.5) is 11.6 Å². The smallest absolute Gasteiger partial charge is 0.257 e. The summed E-state index contributed by atoms with van der Waals surface area (Å²) in [5.41, 5.74) is 2.34. The molecule has 23 heavy (non-hydrogen) atoms. The average molecular weight is 333 g/mol. The van der Waals surface area contributed by atoms with Crippen LogP contribution in [0.5, 0.6) is 0 Å². The van der Waals surface area contributed by atoms with E-state index in [0.717, 1.165) is 11.3 Å². The summed E-state index contributed by atoms with van der Waals surface area (Å²) in [6.07, 6.45) is 3.07. The van der Waals surface area contributed by atoms with E-state index in [1.54, 1.807) is 4.90 Å². The first-order valence-corrected chi connectivity index (χ1v) is 7.73. The number of halogens is 1. The summed E-state index contributed by atoms with van der Waals surface area (Å²) in [7, 11) is 0. The number of amides is 1. The van der Waals surface area contributed by atoms with Gasteiger partial charge >= 0.3 is 0 Å². The fraction of sp³-hybridized carbons (Fsp3) is 0.312. The number of hydrogen-bond acceptors (Lipinski definition) is 5. The molecule has 1 N–H and O–H groups in total. The number of benzene rings is 1. The van der Waals surface area contributed by atoms with Crippen LogP contribution in [-0.2, 0) is 4.74 Å². The zero-order valence-electron chi connectivity index (χ0n) is 12.8. The van der Waals surface area contributed by atoms with Gasteiger partial charge in [0.2, 0.25) is 5.95 Å². The van der Waals surface area contributed by atoms with Gasteiger partial charge in [-0.25, -0.2) is 9.97 Å². The summed E-state index contributed by atoms with van der Waals surface area (Å²) >= 11 is 5.99. The van der Waals surface area contributed by atoms with Gasteiger partial charge in [-0.1, -0.05) is 17.7 Å². The highest BCUT2D eigenvalue weighted by Crippen LogP contribution is 2.22. The summed E-state index contributed by atoms with van der Waals surface area (Å²) in [5, 5.41) is 3.74. The van der Waals surface area contributed by atoms with Crippen LogP contribution >= 0.6 is 11.6 Å². The highest BCUT2D eigenvalue weighted by atomic mass is 35.5. The Hall–Kier alpha value is -2.18. The van der Waals surface area contributed by atoms with Crippen molar-refractivity contribution in [3.63, 3.8) is 0 Å². The molecule has 0 atom stereocenters. The van der Waals surface area contributed by atoms with Crippen molar-refractivity contribution in [3.05, 3.63) is 46.7 Å². The molecule has 6 nitrogen and oxygen atoms in total. The summed E-state index contributed by atoms with van der Waals surface area (Å²) in [6.45, 7) is 4.30. The third-order valence-corrected chi connectivity index (χ3v) is 3.88. The lowest BCUT2D eigenvalue weighted by Crippen LogP contribution is -2.40. The summed E-state index contributed by atoms with van der Waals surface area (Å²) in [6, 6.07) is 5.56. The summed E-state index contributed by atoms with van der Waals surface area (Å²) in [5.74, 6) is 0.354. The molecule has 1 aliphatic rings. The quantitative estimate of drug-likeness (QED) is 0.936. The number of morpholine rings is 1. The first kappa shape index (κ1) is 15.7. The van der Waals surface area contributed by atoms with Crippen LogP contribution in [0.3, 0.4) is 0 Å². The molecule has 0 bridgehead atoms. The minimum Gasteiger partial charge on any atom is -0.378 e. The van der Waals surface area contributed by atoms with Crippen LogP contribution in [0.25, 0.3) is 0 Å². The molecule has 0 aliphatic carbocycles.